The van der Waals surface area contributed by atoms with Crippen LogP contribution in [0.2, 0.25) is 0 Å². The van der Waals surface area contributed by atoms with Gasteiger partial charge in [-0.05, 0) is 67.6 Å². The molecule has 184 valence electrons. The van der Waals surface area contributed by atoms with Crippen molar-refractivity contribution < 1.29 is 23.1 Å². The first-order valence-electron chi connectivity index (χ1n) is 12.1. The number of nitriles is 1. The predicted molar refractivity (Wildman–Crippen MR) is 132 cm³/mol. The number of hydrogen-bond donors (Lipinski definition) is 2. The average Bonchev–Trinajstić information content (AvgIpc) is 2.83. The number of anilines is 1. The number of sulfonamides is 1. The summed E-state index contributed by atoms with van der Waals surface area (Å²) in [6.07, 6.45) is 5.99. The van der Waals surface area contributed by atoms with E-state index < -0.39 is 21.9 Å². The minimum Gasteiger partial charge on any atom is -0.511 e. The number of nitrogens with one attached hydrogen (secondary N) is 1. The first-order chi connectivity index (χ1) is 16.8. The number of carbonyl (C=O) groups excluding carboxylic acids is 1. The molecule has 3 unspecified atom stereocenters. The molecule has 1 aliphatic carbocycles. The van der Waals surface area contributed by atoms with Crippen LogP contribution in [0.15, 0.2) is 64.8 Å². The van der Waals surface area contributed by atoms with E-state index in [0.29, 0.717) is 17.7 Å². The fourth-order valence-corrected chi connectivity index (χ4v) is 6.13. The van der Waals surface area contributed by atoms with Crippen molar-refractivity contribution in [3.8, 4) is 6.07 Å². The van der Waals surface area contributed by atoms with Crippen LogP contribution < -0.4 is 4.72 Å². The number of rotatable bonds is 6. The van der Waals surface area contributed by atoms with Crippen LogP contribution in [0.5, 0.6) is 0 Å². The van der Waals surface area contributed by atoms with E-state index in [-0.39, 0.29) is 28.2 Å². The molecule has 1 fully saturated rings. The zero-order valence-corrected chi connectivity index (χ0v) is 20.6. The number of esters is 1. The van der Waals surface area contributed by atoms with Crippen LogP contribution in [-0.4, -0.2) is 25.6 Å². The van der Waals surface area contributed by atoms with Gasteiger partial charge in [-0.1, -0.05) is 38.3 Å². The van der Waals surface area contributed by atoms with Gasteiger partial charge in [-0.15, -0.1) is 0 Å². The second-order valence-corrected chi connectivity index (χ2v) is 10.9. The topological polar surface area (TPSA) is 116 Å². The number of ether oxygens (including phenoxy) is 1. The van der Waals surface area contributed by atoms with E-state index in [1.54, 1.807) is 18.2 Å². The van der Waals surface area contributed by atoms with Gasteiger partial charge in [0.1, 0.15) is 11.9 Å². The molecular weight excluding hydrogens is 464 g/mol. The summed E-state index contributed by atoms with van der Waals surface area (Å²) in [7, 11) is -3.87. The molecule has 3 atom stereocenters. The van der Waals surface area contributed by atoms with E-state index in [9.17, 15) is 18.3 Å². The van der Waals surface area contributed by atoms with Gasteiger partial charge in [0, 0.05) is 11.6 Å². The zero-order valence-electron chi connectivity index (χ0n) is 19.7. The lowest BCUT2D eigenvalue weighted by atomic mass is 9.79. The van der Waals surface area contributed by atoms with Gasteiger partial charge < -0.3 is 9.84 Å². The number of aliphatic hydroxyl groups excluding tert-OH is 1. The third-order valence-corrected chi connectivity index (χ3v) is 8.30. The highest BCUT2D eigenvalue weighted by molar-refractivity contribution is 7.92. The Morgan fingerprint density at radius 3 is 2.51 bits per heavy atom. The quantitative estimate of drug-likeness (QED) is 0.508. The van der Waals surface area contributed by atoms with Crippen LogP contribution in [0, 0.1) is 17.2 Å². The maximum absolute atomic E-state index is 13.0. The lowest BCUT2D eigenvalue weighted by Crippen LogP contribution is -2.37. The van der Waals surface area contributed by atoms with E-state index in [2.05, 4.69) is 4.72 Å². The van der Waals surface area contributed by atoms with Crippen molar-refractivity contribution in [1.82, 2.24) is 0 Å². The monoisotopic (exact) mass is 494 g/mol. The molecule has 0 amide bonds. The Bertz CT molecular complexity index is 1260. The number of nitrogens with zero attached hydrogens (tertiary/aromatic N) is 1. The lowest BCUT2D eigenvalue weighted by molar-refractivity contribution is -0.151. The predicted octanol–water partition coefficient (Wildman–Crippen LogP) is 5.56. The Labute approximate surface area is 206 Å². The minimum atomic E-state index is -3.87. The molecule has 2 N–H and O–H groups in total. The molecule has 1 heterocycles. The highest BCUT2D eigenvalue weighted by Gasteiger charge is 2.40. The second-order valence-electron chi connectivity index (χ2n) is 9.17. The molecule has 7 nitrogen and oxygen atoms in total. The van der Waals surface area contributed by atoms with Gasteiger partial charge >= 0.3 is 5.97 Å². The Kier molecular flexibility index (Phi) is 7.46. The maximum Gasteiger partial charge on any atom is 0.338 e. The van der Waals surface area contributed by atoms with E-state index in [1.807, 2.05) is 19.1 Å². The largest absolute Gasteiger partial charge is 0.511 e. The van der Waals surface area contributed by atoms with Crippen molar-refractivity contribution in [2.45, 2.75) is 68.8 Å². The van der Waals surface area contributed by atoms with Gasteiger partial charge in [0.25, 0.3) is 10.0 Å². The summed E-state index contributed by atoms with van der Waals surface area (Å²) in [5, 5.41) is 20.1. The maximum atomic E-state index is 13.0. The molecule has 0 bridgehead atoms. The fraction of sp³-hybridized carbons (Fsp3) is 0.407. The van der Waals surface area contributed by atoms with Gasteiger partial charge in [-0.3, -0.25) is 4.72 Å². The lowest BCUT2D eigenvalue weighted by Gasteiger charge is -2.35. The van der Waals surface area contributed by atoms with E-state index in [0.717, 1.165) is 44.1 Å². The van der Waals surface area contributed by atoms with Crippen molar-refractivity contribution in [3.63, 3.8) is 0 Å². The van der Waals surface area contributed by atoms with Crippen LogP contribution in [0.3, 0.4) is 0 Å². The average molecular weight is 495 g/mol. The van der Waals surface area contributed by atoms with Crippen LogP contribution >= 0.6 is 0 Å². The summed E-state index contributed by atoms with van der Waals surface area (Å²) in [5.74, 6) is -0.966. The molecule has 0 radical (unpaired) electrons. The van der Waals surface area contributed by atoms with Crippen LogP contribution in [0.25, 0.3) is 0 Å². The molecule has 0 aromatic heterocycles. The van der Waals surface area contributed by atoms with Gasteiger partial charge in [-0.2, -0.15) is 5.26 Å². The summed E-state index contributed by atoms with van der Waals surface area (Å²) in [5.41, 5.74) is 1.71. The van der Waals surface area contributed by atoms with Gasteiger partial charge in [0.15, 0.2) is 0 Å². The Hall–Kier alpha value is -3.31. The molecule has 2 aliphatic rings. The molecule has 0 saturated heterocycles. The summed E-state index contributed by atoms with van der Waals surface area (Å²) in [6, 6.07) is 14.5. The van der Waals surface area contributed by atoms with Crippen LogP contribution in [0.4, 0.5) is 5.69 Å². The third-order valence-electron chi connectivity index (χ3n) is 6.90. The van der Waals surface area contributed by atoms with Crippen LogP contribution in [-0.2, 0) is 19.6 Å². The fourth-order valence-electron chi connectivity index (χ4n) is 5.08. The summed E-state index contributed by atoms with van der Waals surface area (Å²) in [4.78, 5) is 13.1. The molecule has 4 rings (SSSR count). The summed E-state index contributed by atoms with van der Waals surface area (Å²) < 4.78 is 34.1. The van der Waals surface area contributed by atoms with Crippen molar-refractivity contribution in [2.75, 3.05) is 4.72 Å². The van der Waals surface area contributed by atoms with E-state index in [1.165, 1.54) is 24.3 Å². The SMILES string of the molecule is CCC(C1=C(O)C2CCCCCCC2OC1=O)c1cccc(NS(=O)(=O)c2ccc(C#N)cc2)c1. The normalized spacial score (nSPS) is 21.7. The van der Waals surface area contributed by atoms with Crippen molar-refractivity contribution >= 4 is 21.7 Å². The van der Waals surface area contributed by atoms with Gasteiger partial charge in [0.2, 0.25) is 0 Å². The Balaban J connectivity index is 1.63. The summed E-state index contributed by atoms with van der Waals surface area (Å²) in [6.45, 7) is 1.93. The molecule has 35 heavy (non-hydrogen) atoms. The van der Waals surface area contributed by atoms with Gasteiger partial charge in [-0.25, -0.2) is 13.2 Å². The molecule has 2 aromatic rings. The number of fused-ring (bicyclic) bond motifs is 1. The smallest absolute Gasteiger partial charge is 0.338 e. The highest BCUT2D eigenvalue weighted by atomic mass is 32.2. The van der Waals surface area contributed by atoms with E-state index in [4.69, 9.17) is 10.00 Å². The molecule has 1 aliphatic heterocycles. The Morgan fingerprint density at radius 1 is 1.11 bits per heavy atom. The van der Waals surface area contributed by atoms with Crippen molar-refractivity contribution in [1.29, 1.82) is 5.26 Å². The highest BCUT2D eigenvalue weighted by Crippen LogP contribution is 2.41. The van der Waals surface area contributed by atoms with Gasteiger partial charge in [0.05, 0.1) is 28.0 Å². The first-order valence-corrected chi connectivity index (χ1v) is 13.6. The van der Waals surface area contributed by atoms with Crippen LogP contribution in [0.1, 0.15) is 68.9 Å². The molecule has 0 spiro atoms. The number of benzene rings is 2. The minimum absolute atomic E-state index is 0.0421. The standard InChI is InChI=1S/C27H30N2O5S/c1-2-22(25-26(30)23-10-5-3-4-6-11-24(23)34-27(25)31)19-8-7-9-20(16-19)29-35(32,33)21-14-12-18(17-28)13-15-21/h7-9,12-16,22-24,29-30H,2-6,10-11H2,1H3. The molecule has 8 heteroatoms. The molecular formula is C27H30N2O5S. The summed E-state index contributed by atoms with van der Waals surface area (Å²) >= 11 is 0. The van der Waals surface area contributed by atoms with Crippen molar-refractivity contribution in [2.24, 2.45) is 5.92 Å². The number of aliphatic hydroxyl groups is 1. The zero-order chi connectivity index (χ0) is 25.0. The third kappa shape index (κ3) is 5.35. The molecule has 2 aromatic carbocycles. The second kappa shape index (κ2) is 10.5. The number of carbonyl (C=O) groups is 1. The first kappa shape index (κ1) is 24.8. The van der Waals surface area contributed by atoms with Crippen molar-refractivity contribution in [3.05, 3.63) is 71.0 Å². The van der Waals surface area contributed by atoms with E-state index >= 15 is 0 Å². The number of hydrogen-bond acceptors (Lipinski definition) is 6. The molecule has 1 saturated carbocycles. The Morgan fingerprint density at radius 2 is 1.83 bits per heavy atom.